The number of amides is 1. The summed E-state index contributed by atoms with van der Waals surface area (Å²) in [6.45, 7) is 1.30. The van der Waals surface area contributed by atoms with E-state index in [4.69, 9.17) is 15.2 Å². The number of nitrogens with two attached hydrogens (primary N) is 1. The number of nitrogens with zero attached hydrogens (tertiary/aromatic N) is 3. The van der Waals surface area contributed by atoms with E-state index in [1.165, 1.54) is 17.3 Å². The lowest BCUT2D eigenvalue weighted by atomic mass is 10.1. The fourth-order valence-corrected chi connectivity index (χ4v) is 3.35. The van der Waals surface area contributed by atoms with Gasteiger partial charge in [0.2, 0.25) is 5.95 Å². The number of carbonyl (C=O) groups is 1. The molecule has 0 atom stereocenters. The molecule has 0 saturated carbocycles. The van der Waals surface area contributed by atoms with Gasteiger partial charge in [-0.25, -0.2) is 4.98 Å². The van der Waals surface area contributed by atoms with Crippen LogP contribution < -0.4 is 25.4 Å². The van der Waals surface area contributed by atoms with E-state index in [0.717, 1.165) is 0 Å². The van der Waals surface area contributed by atoms with Crippen LogP contribution in [0.5, 0.6) is 11.5 Å². The van der Waals surface area contributed by atoms with Gasteiger partial charge in [-0.1, -0.05) is 24.3 Å². The van der Waals surface area contributed by atoms with E-state index in [2.05, 4.69) is 27.4 Å². The van der Waals surface area contributed by atoms with E-state index in [0.29, 0.717) is 42.0 Å². The molecule has 0 spiro atoms. The lowest BCUT2D eigenvalue weighted by Crippen LogP contribution is -2.23. The first-order valence-corrected chi connectivity index (χ1v) is 9.06. The summed E-state index contributed by atoms with van der Waals surface area (Å²) in [5, 5.41) is 3.14. The summed E-state index contributed by atoms with van der Waals surface area (Å²) in [7, 11) is 3.16. The molecule has 8 heteroatoms. The third-order valence-corrected chi connectivity index (χ3v) is 4.83. The number of rotatable bonds is 6. The standard InChI is InChI=1S/C21H21N5O3/c1-28-15-7-8-17(18(9-15)29-2)24-21-23-10-16(19(22)27)20(25-21)26-11-13-5-3-4-6-14(13)12-26/h3-10H,11-12H2,1-2H3,(H2,22,27)(H,23,24,25). The second kappa shape index (κ2) is 7.67. The molecular weight excluding hydrogens is 370 g/mol. The number of primary amides is 1. The van der Waals surface area contributed by atoms with E-state index in [1.54, 1.807) is 26.4 Å². The summed E-state index contributed by atoms with van der Waals surface area (Å²) in [6, 6.07) is 13.5. The minimum Gasteiger partial charge on any atom is -0.497 e. The van der Waals surface area contributed by atoms with Gasteiger partial charge in [0, 0.05) is 25.4 Å². The monoisotopic (exact) mass is 391 g/mol. The summed E-state index contributed by atoms with van der Waals surface area (Å²) >= 11 is 0. The molecule has 1 aliphatic heterocycles. The molecule has 1 aromatic heterocycles. The van der Waals surface area contributed by atoms with Crippen molar-refractivity contribution in [2.45, 2.75) is 13.1 Å². The number of benzene rings is 2. The molecule has 1 aliphatic rings. The Hall–Kier alpha value is -3.81. The van der Waals surface area contributed by atoms with Gasteiger partial charge in [-0.2, -0.15) is 4.98 Å². The van der Waals surface area contributed by atoms with Crippen LogP contribution >= 0.6 is 0 Å². The van der Waals surface area contributed by atoms with Gasteiger partial charge >= 0.3 is 0 Å². The number of hydrogen-bond acceptors (Lipinski definition) is 7. The van der Waals surface area contributed by atoms with Crippen molar-refractivity contribution in [3.63, 3.8) is 0 Å². The van der Waals surface area contributed by atoms with Gasteiger partial charge < -0.3 is 25.4 Å². The smallest absolute Gasteiger partial charge is 0.254 e. The normalized spacial score (nSPS) is 12.4. The fraction of sp³-hybridized carbons (Fsp3) is 0.190. The largest absolute Gasteiger partial charge is 0.497 e. The Morgan fingerprint density at radius 2 is 1.83 bits per heavy atom. The van der Waals surface area contributed by atoms with E-state index < -0.39 is 5.91 Å². The van der Waals surface area contributed by atoms with E-state index in [-0.39, 0.29) is 5.56 Å². The van der Waals surface area contributed by atoms with Crippen LogP contribution in [0.25, 0.3) is 0 Å². The predicted molar refractivity (Wildman–Crippen MR) is 110 cm³/mol. The van der Waals surface area contributed by atoms with Crippen LogP contribution in [0.2, 0.25) is 0 Å². The third kappa shape index (κ3) is 3.64. The molecule has 0 fully saturated rings. The maximum Gasteiger partial charge on any atom is 0.254 e. The highest BCUT2D eigenvalue weighted by atomic mass is 16.5. The lowest BCUT2D eigenvalue weighted by Gasteiger charge is -2.20. The second-order valence-electron chi connectivity index (χ2n) is 6.61. The first-order chi connectivity index (χ1) is 14.1. The van der Waals surface area contributed by atoms with E-state index in [1.807, 2.05) is 23.1 Å². The number of nitrogens with one attached hydrogen (secondary N) is 1. The Kier molecular flexibility index (Phi) is 4.90. The zero-order chi connectivity index (χ0) is 20.4. The van der Waals surface area contributed by atoms with Crippen molar-refractivity contribution in [2.24, 2.45) is 5.73 Å². The van der Waals surface area contributed by atoms with Crippen LogP contribution in [0, 0.1) is 0 Å². The van der Waals surface area contributed by atoms with Gasteiger partial charge in [0.05, 0.1) is 19.9 Å². The molecule has 2 aromatic carbocycles. The number of anilines is 3. The lowest BCUT2D eigenvalue weighted by molar-refractivity contribution is 0.1000. The molecule has 0 radical (unpaired) electrons. The van der Waals surface area contributed by atoms with Gasteiger partial charge in [0.1, 0.15) is 22.9 Å². The molecule has 0 saturated heterocycles. The minimum atomic E-state index is -0.565. The van der Waals surface area contributed by atoms with Crippen LogP contribution in [0.3, 0.4) is 0 Å². The van der Waals surface area contributed by atoms with Crippen LogP contribution in [-0.2, 0) is 13.1 Å². The average Bonchev–Trinajstić information content (AvgIpc) is 3.18. The number of aromatic nitrogens is 2. The first kappa shape index (κ1) is 18.5. The molecule has 2 heterocycles. The zero-order valence-electron chi connectivity index (χ0n) is 16.2. The van der Waals surface area contributed by atoms with Crippen molar-refractivity contribution in [2.75, 3.05) is 24.4 Å². The highest BCUT2D eigenvalue weighted by Gasteiger charge is 2.24. The van der Waals surface area contributed by atoms with Crippen LogP contribution in [0.1, 0.15) is 21.5 Å². The third-order valence-electron chi connectivity index (χ3n) is 4.83. The van der Waals surface area contributed by atoms with Gasteiger partial charge in [-0.05, 0) is 23.3 Å². The maximum atomic E-state index is 12.0. The molecule has 4 rings (SSSR count). The Balaban J connectivity index is 1.67. The summed E-state index contributed by atoms with van der Waals surface area (Å²) in [5.41, 5.74) is 8.93. The minimum absolute atomic E-state index is 0.282. The van der Waals surface area contributed by atoms with Gasteiger partial charge in [-0.15, -0.1) is 0 Å². The van der Waals surface area contributed by atoms with Gasteiger partial charge in [0.25, 0.3) is 5.91 Å². The molecule has 3 N–H and O–H groups in total. The molecule has 1 amide bonds. The summed E-state index contributed by atoms with van der Waals surface area (Å²) in [4.78, 5) is 22.8. The molecule has 0 aliphatic carbocycles. The molecule has 29 heavy (non-hydrogen) atoms. The highest BCUT2D eigenvalue weighted by Crippen LogP contribution is 2.33. The summed E-state index contributed by atoms with van der Waals surface area (Å²) in [5.74, 6) is 1.53. The topological polar surface area (TPSA) is 103 Å². The Morgan fingerprint density at radius 3 is 2.45 bits per heavy atom. The number of methoxy groups -OCH3 is 2. The van der Waals surface area contributed by atoms with Crippen molar-refractivity contribution in [1.82, 2.24) is 9.97 Å². The quantitative estimate of drug-likeness (QED) is 0.666. The van der Waals surface area contributed by atoms with Crippen molar-refractivity contribution in [3.05, 3.63) is 65.4 Å². The Morgan fingerprint density at radius 1 is 1.10 bits per heavy atom. The van der Waals surface area contributed by atoms with Crippen LogP contribution in [0.4, 0.5) is 17.5 Å². The SMILES string of the molecule is COc1ccc(Nc2ncc(C(N)=O)c(N3Cc4ccccc4C3)n2)c(OC)c1. The molecular formula is C21H21N5O3. The van der Waals surface area contributed by atoms with E-state index in [9.17, 15) is 4.79 Å². The highest BCUT2D eigenvalue weighted by molar-refractivity contribution is 5.97. The first-order valence-electron chi connectivity index (χ1n) is 9.06. The molecule has 0 unspecified atom stereocenters. The molecule has 3 aromatic rings. The number of carbonyl (C=O) groups excluding carboxylic acids is 1. The van der Waals surface area contributed by atoms with Crippen molar-refractivity contribution >= 4 is 23.4 Å². The van der Waals surface area contributed by atoms with Crippen molar-refractivity contribution in [1.29, 1.82) is 0 Å². The van der Waals surface area contributed by atoms with Gasteiger partial charge in [0.15, 0.2) is 0 Å². The second-order valence-corrected chi connectivity index (χ2v) is 6.61. The van der Waals surface area contributed by atoms with Crippen molar-refractivity contribution in [3.8, 4) is 11.5 Å². The summed E-state index contributed by atoms with van der Waals surface area (Å²) < 4.78 is 10.6. The molecule has 148 valence electrons. The van der Waals surface area contributed by atoms with Gasteiger partial charge in [-0.3, -0.25) is 4.79 Å². The molecule has 8 nitrogen and oxygen atoms in total. The van der Waals surface area contributed by atoms with Crippen molar-refractivity contribution < 1.29 is 14.3 Å². The Labute approximate surface area is 168 Å². The maximum absolute atomic E-state index is 12.0. The zero-order valence-corrected chi connectivity index (χ0v) is 16.2. The number of hydrogen-bond donors (Lipinski definition) is 2. The average molecular weight is 391 g/mol. The summed E-state index contributed by atoms with van der Waals surface area (Å²) in [6.07, 6.45) is 1.45. The number of fused-ring (bicyclic) bond motifs is 1. The fourth-order valence-electron chi connectivity index (χ4n) is 3.35. The van der Waals surface area contributed by atoms with Crippen LogP contribution in [-0.4, -0.2) is 30.1 Å². The molecule has 0 bridgehead atoms. The Bertz CT molecular complexity index is 1040. The van der Waals surface area contributed by atoms with E-state index >= 15 is 0 Å². The number of ether oxygens (including phenoxy) is 2. The predicted octanol–water partition coefficient (Wildman–Crippen LogP) is 2.86. The van der Waals surface area contributed by atoms with Crippen LogP contribution in [0.15, 0.2) is 48.7 Å².